The Morgan fingerprint density at radius 3 is 2.75 bits per heavy atom. The van der Waals surface area contributed by atoms with Gasteiger partial charge in [-0.15, -0.1) is 11.3 Å². The van der Waals surface area contributed by atoms with Crippen LogP contribution in [0.2, 0.25) is 4.34 Å². The number of hydrogen-bond acceptors (Lipinski definition) is 3. The molecule has 1 aromatic rings. The number of halogens is 1. The lowest BCUT2D eigenvalue weighted by Gasteiger charge is -2.14. The number of hydrogen-bond donors (Lipinski definition) is 2. The van der Waals surface area contributed by atoms with E-state index in [4.69, 9.17) is 17.3 Å². The zero-order valence-electron chi connectivity index (χ0n) is 6.83. The highest BCUT2D eigenvalue weighted by Crippen LogP contribution is 2.29. The molecule has 1 rings (SSSR count). The fourth-order valence-corrected chi connectivity index (χ4v) is 2.14. The van der Waals surface area contributed by atoms with E-state index in [9.17, 15) is 5.11 Å². The minimum Gasteiger partial charge on any atom is -0.391 e. The van der Waals surface area contributed by atoms with Crippen LogP contribution in [-0.2, 0) is 0 Å². The van der Waals surface area contributed by atoms with Crippen LogP contribution < -0.4 is 5.73 Å². The summed E-state index contributed by atoms with van der Waals surface area (Å²) in [6.45, 7) is 2.23. The van der Waals surface area contributed by atoms with Gasteiger partial charge in [0.25, 0.3) is 0 Å². The van der Waals surface area contributed by atoms with Crippen LogP contribution >= 0.6 is 22.9 Å². The molecule has 0 aliphatic carbocycles. The van der Waals surface area contributed by atoms with E-state index in [2.05, 4.69) is 0 Å². The SMILES string of the molecule is CC(c1ccc(Cl)s1)C(O)CN. The van der Waals surface area contributed by atoms with Crippen molar-refractivity contribution in [2.45, 2.75) is 18.9 Å². The number of nitrogens with two attached hydrogens (primary N) is 1. The van der Waals surface area contributed by atoms with Crippen molar-refractivity contribution in [3.63, 3.8) is 0 Å². The van der Waals surface area contributed by atoms with Crippen LogP contribution in [0.15, 0.2) is 12.1 Å². The van der Waals surface area contributed by atoms with Crippen LogP contribution in [0.25, 0.3) is 0 Å². The number of rotatable bonds is 3. The topological polar surface area (TPSA) is 46.2 Å². The van der Waals surface area contributed by atoms with E-state index in [0.717, 1.165) is 9.21 Å². The minimum atomic E-state index is -0.472. The van der Waals surface area contributed by atoms with Crippen LogP contribution in [0.1, 0.15) is 17.7 Å². The summed E-state index contributed by atoms with van der Waals surface area (Å²) in [5.74, 6) is 0.0764. The smallest absolute Gasteiger partial charge is 0.0931 e. The monoisotopic (exact) mass is 205 g/mol. The molecule has 0 saturated carbocycles. The fraction of sp³-hybridized carbons (Fsp3) is 0.500. The summed E-state index contributed by atoms with van der Waals surface area (Å²) < 4.78 is 0.751. The predicted molar refractivity (Wildman–Crippen MR) is 52.8 cm³/mol. The zero-order chi connectivity index (χ0) is 9.14. The molecule has 68 valence electrons. The van der Waals surface area contributed by atoms with Gasteiger partial charge in [-0.3, -0.25) is 0 Å². The van der Waals surface area contributed by atoms with Crippen LogP contribution in [0.4, 0.5) is 0 Å². The highest BCUT2D eigenvalue weighted by molar-refractivity contribution is 7.16. The summed E-state index contributed by atoms with van der Waals surface area (Å²) in [6.07, 6.45) is -0.472. The van der Waals surface area contributed by atoms with Crippen LogP contribution in [0.5, 0.6) is 0 Å². The van der Waals surface area contributed by atoms with Gasteiger partial charge < -0.3 is 10.8 Å². The van der Waals surface area contributed by atoms with Gasteiger partial charge in [-0.05, 0) is 12.1 Å². The lowest BCUT2D eigenvalue weighted by molar-refractivity contribution is 0.159. The molecule has 2 atom stereocenters. The zero-order valence-corrected chi connectivity index (χ0v) is 8.40. The van der Waals surface area contributed by atoms with Crippen molar-refractivity contribution in [3.8, 4) is 0 Å². The van der Waals surface area contributed by atoms with Crippen molar-refractivity contribution in [2.24, 2.45) is 5.73 Å². The quantitative estimate of drug-likeness (QED) is 0.791. The molecule has 0 aliphatic heterocycles. The van der Waals surface area contributed by atoms with Crippen molar-refractivity contribution in [3.05, 3.63) is 21.3 Å². The van der Waals surface area contributed by atoms with Crippen LogP contribution in [0.3, 0.4) is 0 Å². The van der Waals surface area contributed by atoms with Gasteiger partial charge >= 0.3 is 0 Å². The van der Waals surface area contributed by atoms with Crippen molar-refractivity contribution < 1.29 is 5.11 Å². The molecule has 0 fully saturated rings. The maximum absolute atomic E-state index is 9.43. The van der Waals surface area contributed by atoms with E-state index in [1.165, 1.54) is 11.3 Å². The second kappa shape index (κ2) is 4.23. The van der Waals surface area contributed by atoms with E-state index in [0.29, 0.717) is 0 Å². The largest absolute Gasteiger partial charge is 0.391 e. The van der Waals surface area contributed by atoms with Gasteiger partial charge in [0.1, 0.15) is 0 Å². The molecule has 0 bridgehead atoms. The van der Waals surface area contributed by atoms with Crippen LogP contribution in [0, 0.1) is 0 Å². The predicted octanol–water partition coefficient (Wildman–Crippen LogP) is 1.82. The van der Waals surface area contributed by atoms with E-state index in [1.54, 1.807) is 0 Å². The highest BCUT2D eigenvalue weighted by Gasteiger charge is 2.15. The van der Waals surface area contributed by atoms with Crippen molar-refractivity contribution in [2.75, 3.05) is 6.54 Å². The van der Waals surface area contributed by atoms with Gasteiger partial charge in [0.2, 0.25) is 0 Å². The molecule has 3 N–H and O–H groups in total. The highest BCUT2D eigenvalue weighted by atomic mass is 35.5. The molecule has 2 nitrogen and oxygen atoms in total. The van der Waals surface area contributed by atoms with Gasteiger partial charge in [0, 0.05) is 17.3 Å². The summed E-state index contributed by atoms with van der Waals surface area (Å²) in [4.78, 5) is 1.08. The first kappa shape index (κ1) is 9.99. The molecular formula is C8H12ClNOS. The summed E-state index contributed by atoms with van der Waals surface area (Å²) >= 11 is 7.25. The van der Waals surface area contributed by atoms with Crippen LogP contribution in [-0.4, -0.2) is 17.8 Å². The van der Waals surface area contributed by atoms with Gasteiger partial charge in [-0.2, -0.15) is 0 Å². The molecule has 0 aromatic carbocycles. The Morgan fingerprint density at radius 2 is 2.33 bits per heavy atom. The Kier molecular flexibility index (Phi) is 3.53. The molecule has 0 amide bonds. The summed E-state index contributed by atoms with van der Waals surface area (Å²) in [6, 6.07) is 3.76. The Balaban J connectivity index is 2.70. The maximum atomic E-state index is 9.43. The molecule has 2 unspecified atom stereocenters. The lowest BCUT2D eigenvalue weighted by Crippen LogP contribution is -2.24. The minimum absolute atomic E-state index is 0.0764. The second-order valence-electron chi connectivity index (χ2n) is 2.73. The van der Waals surface area contributed by atoms with E-state index in [-0.39, 0.29) is 12.5 Å². The molecule has 0 spiro atoms. The second-order valence-corrected chi connectivity index (χ2v) is 4.48. The molecule has 4 heteroatoms. The molecule has 1 heterocycles. The molecule has 0 radical (unpaired) electrons. The lowest BCUT2D eigenvalue weighted by atomic mass is 10.0. The summed E-state index contributed by atoms with van der Waals surface area (Å²) in [7, 11) is 0. The first-order valence-electron chi connectivity index (χ1n) is 3.78. The third-order valence-corrected chi connectivity index (χ3v) is 3.29. The van der Waals surface area contributed by atoms with Gasteiger partial charge in [0.15, 0.2) is 0 Å². The third-order valence-electron chi connectivity index (χ3n) is 1.86. The first-order valence-corrected chi connectivity index (χ1v) is 4.98. The third kappa shape index (κ3) is 2.20. The summed E-state index contributed by atoms with van der Waals surface area (Å²) in [5, 5.41) is 9.43. The fourth-order valence-electron chi connectivity index (χ4n) is 0.967. The Morgan fingerprint density at radius 1 is 1.67 bits per heavy atom. The number of aliphatic hydroxyl groups excluding tert-OH is 1. The number of aliphatic hydroxyl groups is 1. The van der Waals surface area contributed by atoms with Crippen molar-refractivity contribution in [1.29, 1.82) is 0 Å². The normalized spacial score (nSPS) is 16.0. The van der Waals surface area contributed by atoms with E-state index in [1.807, 2.05) is 19.1 Å². The van der Waals surface area contributed by atoms with Gasteiger partial charge in [0.05, 0.1) is 10.4 Å². The maximum Gasteiger partial charge on any atom is 0.0931 e. The molecule has 0 aliphatic rings. The van der Waals surface area contributed by atoms with Gasteiger partial charge in [-0.1, -0.05) is 18.5 Å². The molecule has 12 heavy (non-hydrogen) atoms. The van der Waals surface area contributed by atoms with E-state index < -0.39 is 6.10 Å². The molecule has 1 aromatic heterocycles. The number of thiophene rings is 1. The molecular weight excluding hydrogens is 194 g/mol. The van der Waals surface area contributed by atoms with E-state index >= 15 is 0 Å². The standard InChI is InChI=1S/C8H12ClNOS/c1-5(6(11)4-10)7-2-3-8(9)12-7/h2-3,5-6,11H,4,10H2,1H3. The Labute approximate surface area is 81.0 Å². The molecule has 0 saturated heterocycles. The Bertz CT molecular complexity index is 251. The van der Waals surface area contributed by atoms with Crippen molar-refractivity contribution >= 4 is 22.9 Å². The Hall–Kier alpha value is -0.0900. The van der Waals surface area contributed by atoms with Crippen molar-refractivity contribution in [1.82, 2.24) is 0 Å². The first-order chi connectivity index (χ1) is 5.65. The van der Waals surface area contributed by atoms with Gasteiger partial charge in [-0.25, -0.2) is 0 Å². The summed E-state index contributed by atoms with van der Waals surface area (Å²) in [5.41, 5.74) is 5.34. The average molecular weight is 206 g/mol. The average Bonchev–Trinajstić information content (AvgIpc) is 2.49.